The van der Waals surface area contributed by atoms with Crippen molar-refractivity contribution in [3.8, 4) is 12.0 Å². The van der Waals surface area contributed by atoms with Gasteiger partial charge in [-0.25, -0.2) is 4.21 Å². The quantitative estimate of drug-likeness (QED) is 0.551. The van der Waals surface area contributed by atoms with Crippen LogP contribution in [0.3, 0.4) is 0 Å². The van der Waals surface area contributed by atoms with Crippen LogP contribution in [-0.2, 0) is 11.1 Å². The van der Waals surface area contributed by atoms with Gasteiger partial charge in [0.25, 0.3) is 6.26 Å². The summed E-state index contributed by atoms with van der Waals surface area (Å²) in [6.45, 7) is 0. The maximum Gasteiger partial charge on any atom is 0.292 e. The van der Waals surface area contributed by atoms with Crippen molar-refractivity contribution >= 4 is 11.1 Å². The molecular formula is C7H5NO3S. The van der Waals surface area contributed by atoms with E-state index in [1.807, 2.05) is 0 Å². The SMILES string of the molecule is N#COc1ccc(S(=O)O)cc1. The minimum atomic E-state index is -1.98. The van der Waals surface area contributed by atoms with Crippen LogP contribution in [0.15, 0.2) is 29.2 Å². The topological polar surface area (TPSA) is 70.3 Å². The van der Waals surface area contributed by atoms with Crippen LogP contribution in [0.5, 0.6) is 5.75 Å². The number of rotatable bonds is 2. The van der Waals surface area contributed by atoms with Crippen molar-refractivity contribution in [2.75, 3.05) is 0 Å². The first-order chi connectivity index (χ1) is 5.74. The van der Waals surface area contributed by atoms with Gasteiger partial charge in [0.05, 0.1) is 4.90 Å². The predicted octanol–water partition coefficient (Wildman–Crippen LogP) is 1.13. The molecule has 1 aromatic rings. The number of hydrogen-bond acceptors (Lipinski definition) is 3. The molecule has 0 saturated heterocycles. The fraction of sp³-hybridized carbons (Fsp3) is 0. The van der Waals surface area contributed by atoms with Gasteiger partial charge in [0, 0.05) is 0 Å². The molecule has 0 radical (unpaired) electrons. The van der Waals surface area contributed by atoms with Gasteiger partial charge in [0.1, 0.15) is 5.75 Å². The summed E-state index contributed by atoms with van der Waals surface area (Å²) >= 11 is -1.98. The van der Waals surface area contributed by atoms with Gasteiger partial charge in [-0.1, -0.05) is 0 Å². The summed E-state index contributed by atoms with van der Waals surface area (Å²) in [7, 11) is 0. The number of ether oxygens (including phenoxy) is 1. The highest BCUT2D eigenvalue weighted by Gasteiger charge is 1.98. The molecule has 0 spiro atoms. The van der Waals surface area contributed by atoms with E-state index in [2.05, 4.69) is 4.74 Å². The first-order valence-corrected chi connectivity index (χ1v) is 4.11. The van der Waals surface area contributed by atoms with Crippen LogP contribution in [0.2, 0.25) is 0 Å². The zero-order chi connectivity index (χ0) is 8.97. The molecule has 0 aliphatic heterocycles. The Balaban J connectivity index is 2.87. The highest BCUT2D eigenvalue weighted by Crippen LogP contribution is 2.13. The Morgan fingerprint density at radius 3 is 2.42 bits per heavy atom. The monoisotopic (exact) mass is 183 g/mol. The molecule has 62 valence electrons. The zero-order valence-corrected chi connectivity index (χ0v) is 6.75. The molecular weight excluding hydrogens is 178 g/mol. The molecule has 0 aromatic heterocycles. The van der Waals surface area contributed by atoms with Gasteiger partial charge in [0.15, 0.2) is 11.1 Å². The summed E-state index contributed by atoms with van der Waals surface area (Å²) in [5, 5.41) is 8.12. The van der Waals surface area contributed by atoms with Gasteiger partial charge < -0.3 is 9.29 Å². The van der Waals surface area contributed by atoms with E-state index in [9.17, 15) is 4.21 Å². The molecule has 1 aromatic carbocycles. The van der Waals surface area contributed by atoms with Crippen molar-refractivity contribution in [3.05, 3.63) is 24.3 Å². The van der Waals surface area contributed by atoms with E-state index in [1.54, 1.807) is 0 Å². The van der Waals surface area contributed by atoms with Crippen molar-refractivity contribution in [1.82, 2.24) is 0 Å². The maximum atomic E-state index is 10.5. The molecule has 1 unspecified atom stereocenters. The van der Waals surface area contributed by atoms with Crippen LogP contribution < -0.4 is 4.74 Å². The Hall–Kier alpha value is -1.38. The second kappa shape index (κ2) is 3.85. The Bertz CT molecular complexity index is 327. The lowest BCUT2D eigenvalue weighted by molar-refractivity contribution is 0.506. The van der Waals surface area contributed by atoms with E-state index in [0.717, 1.165) is 0 Å². The Labute approximate surface area is 71.7 Å². The zero-order valence-electron chi connectivity index (χ0n) is 5.93. The highest BCUT2D eigenvalue weighted by molar-refractivity contribution is 7.79. The summed E-state index contributed by atoms with van der Waals surface area (Å²) < 4.78 is 23.6. The molecule has 1 N–H and O–H groups in total. The predicted molar refractivity (Wildman–Crippen MR) is 41.7 cm³/mol. The van der Waals surface area contributed by atoms with Gasteiger partial charge in [-0.2, -0.15) is 0 Å². The lowest BCUT2D eigenvalue weighted by Crippen LogP contribution is -1.88. The Morgan fingerprint density at radius 2 is 2.00 bits per heavy atom. The van der Waals surface area contributed by atoms with Gasteiger partial charge >= 0.3 is 0 Å². The molecule has 1 atom stereocenters. The van der Waals surface area contributed by atoms with Gasteiger partial charge in [-0.3, -0.25) is 0 Å². The molecule has 12 heavy (non-hydrogen) atoms. The van der Waals surface area contributed by atoms with Crippen molar-refractivity contribution in [2.24, 2.45) is 0 Å². The molecule has 0 saturated carbocycles. The summed E-state index contributed by atoms with van der Waals surface area (Å²) in [6, 6.07) is 5.74. The summed E-state index contributed by atoms with van der Waals surface area (Å²) in [4.78, 5) is 0.278. The number of benzene rings is 1. The van der Waals surface area contributed by atoms with Gasteiger partial charge in [0.2, 0.25) is 0 Å². The largest absolute Gasteiger partial charge is 0.388 e. The van der Waals surface area contributed by atoms with Gasteiger partial charge in [-0.15, -0.1) is 5.26 Å². The van der Waals surface area contributed by atoms with Crippen molar-refractivity contribution < 1.29 is 13.5 Å². The molecule has 4 nitrogen and oxygen atoms in total. The third kappa shape index (κ3) is 2.05. The highest BCUT2D eigenvalue weighted by atomic mass is 32.2. The number of nitriles is 1. The van der Waals surface area contributed by atoms with Gasteiger partial charge in [-0.05, 0) is 24.3 Å². The van der Waals surface area contributed by atoms with Crippen molar-refractivity contribution in [3.63, 3.8) is 0 Å². The molecule has 0 amide bonds. The third-order valence-electron chi connectivity index (χ3n) is 1.19. The normalized spacial score (nSPS) is 11.7. The lowest BCUT2D eigenvalue weighted by Gasteiger charge is -1.96. The van der Waals surface area contributed by atoms with E-state index in [4.69, 9.17) is 9.81 Å². The van der Waals surface area contributed by atoms with E-state index in [1.165, 1.54) is 30.5 Å². The first-order valence-electron chi connectivity index (χ1n) is 3.01. The molecule has 1 rings (SSSR count). The van der Waals surface area contributed by atoms with Crippen LogP contribution in [0.1, 0.15) is 0 Å². The molecule has 0 aliphatic rings. The van der Waals surface area contributed by atoms with Crippen LogP contribution in [0.4, 0.5) is 0 Å². The first kappa shape index (κ1) is 8.71. The summed E-state index contributed by atoms with van der Waals surface area (Å²) in [6.07, 6.45) is 1.49. The fourth-order valence-corrected chi connectivity index (χ4v) is 1.05. The average molecular weight is 183 g/mol. The number of hydrogen-bond donors (Lipinski definition) is 1. The standard InChI is InChI=1S/C7H5NO3S/c8-5-11-6-1-3-7(4-2-6)12(9)10/h1-4H,(H,9,10). The van der Waals surface area contributed by atoms with E-state index < -0.39 is 11.1 Å². The minimum absolute atomic E-state index is 0.278. The average Bonchev–Trinajstić information content (AvgIpc) is 2.06. The second-order valence-corrected chi connectivity index (χ2v) is 2.88. The smallest absolute Gasteiger partial charge is 0.292 e. The van der Waals surface area contributed by atoms with Crippen LogP contribution in [0.25, 0.3) is 0 Å². The molecule has 0 heterocycles. The maximum absolute atomic E-state index is 10.5. The molecule has 5 heteroatoms. The molecule has 0 aliphatic carbocycles. The van der Waals surface area contributed by atoms with E-state index in [0.29, 0.717) is 5.75 Å². The molecule has 0 fully saturated rings. The van der Waals surface area contributed by atoms with Crippen molar-refractivity contribution in [1.29, 1.82) is 5.26 Å². The Kier molecular flexibility index (Phi) is 2.80. The summed E-state index contributed by atoms with van der Waals surface area (Å²) in [5.74, 6) is 0.353. The summed E-state index contributed by atoms with van der Waals surface area (Å²) in [5.41, 5.74) is 0. The fourth-order valence-electron chi connectivity index (χ4n) is 0.677. The Morgan fingerprint density at radius 1 is 1.42 bits per heavy atom. The van der Waals surface area contributed by atoms with E-state index in [-0.39, 0.29) is 4.90 Å². The second-order valence-electron chi connectivity index (χ2n) is 1.91. The lowest BCUT2D eigenvalue weighted by atomic mass is 10.3. The minimum Gasteiger partial charge on any atom is -0.388 e. The van der Waals surface area contributed by atoms with Crippen molar-refractivity contribution in [2.45, 2.75) is 4.90 Å². The number of nitrogens with zero attached hydrogens (tertiary/aromatic N) is 1. The van der Waals surface area contributed by atoms with Crippen LogP contribution in [-0.4, -0.2) is 8.76 Å². The third-order valence-corrected chi connectivity index (χ3v) is 1.86. The van der Waals surface area contributed by atoms with E-state index >= 15 is 0 Å². The van der Waals surface area contributed by atoms with Crippen LogP contribution >= 0.6 is 0 Å². The molecule has 0 bridgehead atoms. The van der Waals surface area contributed by atoms with Crippen LogP contribution in [0, 0.1) is 11.5 Å².